The van der Waals surface area contributed by atoms with Crippen molar-refractivity contribution in [2.24, 2.45) is 6.98 Å². The van der Waals surface area contributed by atoms with Crippen LogP contribution in [-0.2, 0) is 38.3 Å². The van der Waals surface area contributed by atoms with Gasteiger partial charge in [0.1, 0.15) is 0 Å². The summed E-state index contributed by atoms with van der Waals surface area (Å²) in [6.07, 6.45) is 1.84. The van der Waals surface area contributed by atoms with Gasteiger partial charge in [0, 0.05) is 6.20 Å². The van der Waals surface area contributed by atoms with E-state index in [2.05, 4.69) is 125 Å². The molecule has 2 aromatic heterocycles. The number of pyridine rings is 1. The van der Waals surface area contributed by atoms with Gasteiger partial charge in [0.2, 0.25) is 0 Å². The summed E-state index contributed by atoms with van der Waals surface area (Å²) in [6.45, 7) is 6.78. The van der Waals surface area contributed by atoms with Crippen molar-refractivity contribution >= 4 is 22.5 Å². The van der Waals surface area contributed by atoms with E-state index in [-0.39, 0.29) is 5.41 Å². The average molecular weight is 823 g/mol. The minimum atomic E-state index is -2.36. The topological polar surface area (TPSA) is 35.2 Å². The van der Waals surface area contributed by atoms with Crippen LogP contribution in [0.4, 0.5) is 11.5 Å². The Bertz CT molecular complexity index is 2550. The molecular weight excluding hydrogens is 784 g/mol. The number of rotatable bonds is 5. The minimum absolute atomic E-state index is 0.230. The number of hydrogen-bond donors (Lipinski definition) is 0. The number of aryl methyl sites for hydroxylation is 2. The van der Waals surface area contributed by atoms with Crippen molar-refractivity contribution in [1.82, 2.24) is 14.1 Å². The van der Waals surface area contributed by atoms with Crippen molar-refractivity contribution in [3.63, 3.8) is 0 Å². The molecule has 0 spiro atoms. The maximum atomic E-state index is 8.30. The first-order valence-corrected chi connectivity index (χ1v) is 17.4. The second-order valence-electron chi connectivity index (χ2n) is 13.5. The van der Waals surface area contributed by atoms with Gasteiger partial charge < -0.3 is 0 Å². The standard InChI is InChI=1S/C43H36N4O.Pt/c1-29-19-20-44-42(21-29)46-27-32-22-31(30-11-7-6-8-12-30)15-17-37(32)38-18-16-35(26-41(38)46)48-36-24-33(43(2,3)4)23-34(25-36)47-28-45(5)39-13-9-10-14-40(39)47;/h6-24H,27H2,1-5H3;/q-2;/i5D3;. The first-order chi connectivity index (χ1) is 24.8. The molecule has 1 aliphatic rings. The number of aromatic nitrogens is 3. The van der Waals surface area contributed by atoms with Crippen LogP contribution in [0.15, 0.2) is 115 Å². The molecular formula is C43H36N4OPt-2. The number of para-hydroxylation sites is 2. The Balaban J connectivity index is 1.25. The first-order valence-electron chi connectivity index (χ1n) is 17.7. The molecule has 5 aromatic carbocycles. The van der Waals surface area contributed by atoms with E-state index in [9.17, 15) is 0 Å². The van der Waals surface area contributed by atoms with Crippen LogP contribution in [0.3, 0.4) is 0 Å². The molecule has 7 aromatic rings. The van der Waals surface area contributed by atoms with Gasteiger partial charge in [-0.1, -0.05) is 36.4 Å². The zero-order chi connectivity index (χ0) is 36.4. The molecule has 49 heavy (non-hydrogen) atoms. The van der Waals surface area contributed by atoms with Crippen molar-refractivity contribution < 1.29 is 28.2 Å². The fraction of sp³-hybridized carbons (Fsp3) is 0.163. The normalized spacial score (nSPS) is 13.8. The molecule has 0 unspecified atom stereocenters. The monoisotopic (exact) mass is 822 g/mol. The predicted octanol–water partition coefficient (Wildman–Crippen LogP) is 10.4. The Hall–Kier alpha value is -4.99. The van der Waals surface area contributed by atoms with E-state index in [0.29, 0.717) is 33.1 Å². The van der Waals surface area contributed by atoms with Gasteiger partial charge in [-0.3, -0.25) is 0 Å². The van der Waals surface area contributed by atoms with Crippen LogP contribution in [0, 0.1) is 22.9 Å². The van der Waals surface area contributed by atoms with Crippen LogP contribution in [0.1, 0.15) is 41.6 Å². The summed E-state index contributed by atoms with van der Waals surface area (Å²) >= 11 is 2.10. The molecule has 0 saturated heterocycles. The summed E-state index contributed by atoms with van der Waals surface area (Å²) in [5.74, 6) is 1.89. The first kappa shape index (κ1) is 27.9. The van der Waals surface area contributed by atoms with Crippen molar-refractivity contribution in [1.29, 1.82) is 0 Å². The maximum absolute atomic E-state index is 8.30. The number of imidazole rings is 1. The molecule has 1 aliphatic heterocycles. The van der Waals surface area contributed by atoms with E-state index in [1.807, 2.05) is 59.3 Å². The summed E-state index contributed by atoms with van der Waals surface area (Å²) in [7, 11) is 0. The fourth-order valence-electron chi connectivity index (χ4n) is 6.47. The Labute approximate surface area is 302 Å². The van der Waals surface area contributed by atoms with E-state index in [4.69, 9.17) is 13.8 Å². The third kappa shape index (κ3) is 5.76. The summed E-state index contributed by atoms with van der Waals surface area (Å²) in [6, 6.07) is 44.0. The SMILES string of the molecule is [2H]C([2H])([2H])n1[c](=[Pt])n(-c2[c-]c(Oc3[c-]c4c(cc3)-c3ccc(-c5ccccc5)cc3CN4c3cc(C)ccn3)cc(C(C)(C)C)c2)c2ccccc21. The number of hydrogen-bond acceptors (Lipinski definition) is 3. The van der Waals surface area contributed by atoms with Gasteiger partial charge in [-0.15, -0.1) is 0 Å². The van der Waals surface area contributed by atoms with E-state index >= 15 is 0 Å². The Morgan fingerprint density at radius 1 is 0.796 bits per heavy atom. The molecule has 8 rings (SSSR count). The van der Waals surface area contributed by atoms with Gasteiger partial charge in [-0.25, -0.2) is 0 Å². The summed E-state index contributed by atoms with van der Waals surface area (Å²) in [5.41, 5.74) is 10.6. The van der Waals surface area contributed by atoms with Crippen molar-refractivity contribution in [2.45, 2.75) is 39.7 Å². The number of benzene rings is 5. The molecule has 6 heteroatoms. The van der Waals surface area contributed by atoms with Crippen molar-refractivity contribution in [3.8, 4) is 39.4 Å². The zero-order valence-corrected chi connectivity index (χ0v) is 30.0. The molecule has 0 amide bonds. The molecule has 0 saturated carbocycles. The second-order valence-corrected chi connectivity index (χ2v) is 14.5. The van der Waals surface area contributed by atoms with E-state index in [1.165, 1.54) is 21.3 Å². The summed E-state index contributed by atoms with van der Waals surface area (Å²) < 4.78 is 35.4. The van der Waals surface area contributed by atoms with Crippen LogP contribution in [0.2, 0.25) is 0 Å². The molecule has 0 aliphatic carbocycles. The molecule has 5 nitrogen and oxygen atoms in total. The Morgan fingerprint density at radius 2 is 1.57 bits per heavy atom. The number of ether oxygens (including phenoxy) is 1. The quantitative estimate of drug-likeness (QED) is 0.162. The van der Waals surface area contributed by atoms with Crippen LogP contribution in [0.25, 0.3) is 39.0 Å². The Kier molecular flexibility index (Phi) is 6.92. The Morgan fingerprint density at radius 3 is 2.35 bits per heavy atom. The van der Waals surface area contributed by atoms with Crippen LogP contribution in [0.5, 0.6) is 11.5 Å². The fourth-order valence-corrected chi connectivity index (χ4v) is 7.29. The van der Waals surface area contributed by atoms with Crippen LogP contribution < -0.4 is 9.64 Å². The van der Waals surface area contributed by atoms with Gasteiger partial charge in [-0.2, -0.15) is 0 Å². The van der Waals surface area contributed by atoms with Gasteiger partial charge in [0.05, 0.1) is 0 Å². The molecule has 3 heterocycles. The van der Waals surface area contributed by atoms with Crippen LogP contribution >= 0.6 is 0 Å². The summed E-state index contributed by atoms with van der Waals surface area (Å²) in [4.78, 5) is 6.98. The predicted molar refractivity (Wildman–Crippen MR) is 194 cm³/mol. The second kappa shape index (κ2) is 12.2. The summed E-state index contributed by atoms with van der Waals surface area (Å²) in [5, 5.41) is 0. The molecule has 0 atom stereocenters. The molecule has 0 N–H and O–H groups in total. The van der Waals surface area contributed by atoms with E-state index in [0.717, 1.165) is 39.3 Å². The van der Waals surface area contributed by atoms with Gasteiger partial charge in [-0.05, 0) is 35.7 Å². The third-order valence-corrected chi connectivity index (χ3v) is 10.1. The number of fused-ring (bicyclic) bond motifs is 4. The van der Waals surface area contributed by atoms with Gasteiger partial charge in [0.25, 0.3) is 0 Å². The molecule has 246 valence electrons. The molecule has 0 radical (unpaired) electrons. The number of nitrogens with zero attached hydrogens (tertiary/aromatic N) is 4. The zero-order valence-electron chi connectivity index (χ0n) is 30.7. The third-order valence-electron chi connectivity index (χ3n) is 9.04. The van der Waals surface area contributed by atoms with E-state index < -0.39 is 6.98 Å². The molecule has 0 fully saturated rings. The van der Waals surface area contributed by atoms with Crippen LogP contribution in [-0.4, -0.2) is 14.1 Å². The van der Waals surface area contributed by atoms with Gasteiger partial charge >= 0.3 is 226 Å². The molecule has 0 bridgehead atoms. The van der Waals surface area contributed by atoms with E-state index in [1.54, 1.807) is 0 Å². The average Bonchev–Trinajstić information content (AvgIpc) is 3.43. The van der Waals surface area contributed by atoms with Gasteiger partial charge in [0.15, 0.2) is 0 Å². The number of anilines is 2. The van der Waals surface area contributed by atoms with Crippen molar-refractivity contribution in [3.05, 3.63) is 148 Å². The van der Waals surface area contributed by atoms with Crippen molar-refractivity contribution in [2.75, 3.05) is 4.90 Å².